The predicted octanol–water partition coefficient (Wildman–Crippen LogP) is 1.84. The first-order chi connectivity index (χ1) is 13.9. The summed E-state index contributed by atoms with van der Waals surface area (Å²) in [4.78, 5) is 31.5. The van der Waals surface area contributed by atoms with E-state index < -0.39 is 0 Å². The van der Waals surface area contributed by atoms with E-state index in [-0.39, 0.29) is 11.5 Å². The lowest BCUT2D eigenvalue weighted by Gasteiger charge is -2.22. The summed E-state index contributed by atoms with van der Waals surface area (Å²) in [5, 5.41) is 3.35. The third-order valence-corrected chi connectivity index (χ3v) is 5.43. The fourth-order valence-electron chi connectivity index (χ4n) is 3.83. The van der Waals surface area contributed by atoms with Crippen LogP contribution >= 0.6 is 0 Å². The molecule has 2 heterocycles. The third-order valence-electron chi connectivity index (χ3n) is 5.43. The maximum absolute atomic E-state index is 12.9. The molecule has 154 valence electrons. The Balaban J connectivity index is 1.72. The maximum Gasteiger partial charge on any atom is 0.273 e. The second kappa shape index (κ2) is 9.05. The molecule has 3 rings (SSSR count). The summed E-state index contributed by atoms with van der Waals surface area (Å²) in [7, 11) is 1.77. The highest BCUT2D eigenvalue weighted by atomic mass is 16.2. The largest absolute Gasteiger partial charge is 0.341 e. The van der Waals surface area contributed by atoms with Crippen molar-refractivity contribution in [3.8, 4) is 0 Å². The molecular weight excluding hydrogens is 366 g/mol. The van der Waals surface area contributed by atoms with Crippen LogP contribution in [-0.2, 0) is 24.7 Å². The number of hydrogen-bond acceptors (Lipinski definition) is 4. The number of hydrogen-bond donors (Lipinski definition) is 2. The molecule has 0 bridgehead atoms. The number of carbonyl (C=O) groups excluding carboxylic acids is 1. The van der Waals surface area contributed by atoms with Crippen LogP contribution in [0, 0.1) is 13.8 Å². The molecule has 3 aromatic rings. The van der Waals surface area contributed by atoms with E-state index in [0.717, 1.165) is 23.2 Å². The Bertz CT molecular complexity index is 1050. The van der Waals surface area contributed by atoms with Gasteiger partial charge in [0.25, 0.3) is 5.56 Å². The highest BCUT2D eigenvalue weighted by molar-refractivity contribution is 5.81. The quantitative estimate of drug-likeness (QED) is 0.608. The van der Waals surface area contributed by atoms with Crippen LogP contribution in [0.15, 0.2) is 35.1 Å². The van der Waals surface area contributed by atoms with E-state index in [4.69, 9.17) is 5.73 Å². The Morgan fingerprint density at radius 3 is 2.59 bits per heavy atom. The molecule has 3 N–H and O–H groups in total. The van der Waals surface area contributed by atoms with Crippen molar-refractivity contribution in [3.63, 3.8) is 0 Å². The van der Waals surface area contributed by atoms with Crippen LogP contribution < -0.4 is 11.3 Å². The normalized spacial score (nSPS) is 11.2. The molecule has 7 nitrogen and oxygen atoms in total. The summed E-state index contributed by atoms with van der Waals surface area (Å²) in [6.07, 6.45) is 1.73. The van der Waals surface area contributed by atoms with E-state index in [1.54, 1.807) is 11.7 Å². The molecule has 0 fully saturated rings. The fourth-order valence-corrected chi connectivity index (χ4v) is 3.83. The monoisotopic (exact) mass is 395 g/mol. The van der Waals surface area contributed by atoms with Crippen molar-refractivity contribution in [1.29, 1.82) is 0 Å². The highest BCUT2D eigenvalue weighted by Crippen LogP contribution is 2.21. The SMILES string of the molecule is Cc1nc2c(c(C)c1CCC(=O)N(CCN)CCc1ccccc1)c(=O)[nH]n2C. The lowest BCUT2D eigenvalue weighted by atomic mass is 10.00. The van der Waals surface area contributed by atoms with Crippen molar-refractivity contribution < 1.29 is 4.79 Å². The Kier molecular flexibility index (Phi) is 6.49. The van der Waals surface area contributed by atoms with Crippen LogP contribution in [0.2, 0.25) is 0 Å². The van der Waals surface area contributed by atoms with Gasteiger partial charge in [0.15, 0.2) is 5.65 Å². The standard InChI is InChI=1S/C22H29N5O2/c1-15-18(16(2)24-21-20(15)22(29)25-26(21)3)9-10-19(28)27(14-12-23)13-11-17-7-5-4-6-8-17/h4-8H,9-14,23H2,1-3H3,(H,25,29). The number of nitrogens with two attached hydrogens (primary N) is 1. The molecule has 0 spiro atoms. The van der Waals surface area contributed by atoms with Gasteiger partial charge in [-0.3, -0.25) is 19.4 Å². The van der Waals surface area contributed by atoms with Gasteiger partial charge in [-0.15, -0.1) is 0 Å². The molecule has 1 amide bonds. The minimum atomic E-state index is -0.146. The average molecular weight is 396 g/mol. The number of H-pyrrole nitrogens is 1. The third kappa shape index (κ3) is 4.56. The second-order valence-electron chi connectivity index (χ2n) is 7.40. The molecule has 2 aromatic heterocycles. The van der Waals surface area contributed by atoms with Crippen LogP contribution in [-0.4, -0.2) is 45.2 Å². The lowest BCUT2D eigenvalue weighted by Crippen LogP contribution is -2.37. The number of pyridine rings is 1. The van der Waals surface area contributed by atoms with Gasteiger partial charge in [0.1, 0.15) is 0 Å². The van der Waals surface area contributed by atoms with Gasteiger partial charge in [0, 0.05) is 38.8 Å². The molecule has 0 aliphatic rings. The smallest absolute Gasteiger partial charge is 0.273 e. The number of nitrogens with one attached hydrogen (secondary N) is 1. The molecule has 0 aliphatic heterocycles. The number of aryl methyl sites for hydroxylation is 3. The molecule has 0 saturated heterocycles. The highest BCUT2D eigenvalue weighted by Gasteiger charge is 2.18. The van der Waals surface area contributed by atoms with Gasteiger partial charge in [-0.25, -0.2) is 4.98 Å². The molecule has 7 heteroatoms. The van der Waals surface area contributed by atoms with Gasteiger partial charge in [0.05, 0.1) is 5.39 Å². The maximum atomic E-state index is 12.9. The van der Waals surface area contributed by atoms with Gasteiger partial charge in [-0.1, -0.05) is 30.3 Å². The van der Waals surface area contributed by atoms with Crippen molar-refractivity contribution in [2.45, 2.75) is 33.1 Å². The van der Waals surface area contributed by atoms with Crippen molar-refractivity contribution in [1.82, 2.24) is 19.7 Å². The predicted molar refractivity (Wildman–Crippen MR) is 115 cm³/mol. The molecule has 0 unspecified atom stereocenters. The number of rotatable bonds is 8. The van der Waals surface area contributed by atoms with Crippen LogP contribution in [0.5, 0.6) is 0 Å². The van der Waals surface area contributed by atoms with Crippen LogP contribution in [0.25, 0.3) is 11.0 Å². The first kappa shape index (κ1) is 20.8. The zero-order chi connectivity index (χ0) is 21.0. The molecule has 0 atom stereocenters. The Morgan fingerprint density at radius 2 is 1.90 bits per heavy atom. The zero-order valence-corrected chi connectivity index (χ0v) is 17.4. The van der Waals surface area contributed by atoms with Gasteiger partial charge in [-0.2, -0.15) is 0 Å². The van der Waals surface area contributed by atoms with E-state index in [1.165, 1.54) is 5.56 Å². The lowest BCUT2D eigenvalue weighted by molar-refractivity contribution is -0.131. The number of benzene rings is 1. The summed E-state index contributed by atoms with van der Waals surface area (Å²) >= 11 is 0. The van der Waals surface area contributed by atoms with E-state index >= 15 is 0 Å². The number of aromatic nitrogens is 3. The first-order valence-electron chi connectivity index (χ1n) is 9.99. The Hall–Kier alpha value is -2.93. The Labute approximate surface area is 170 Å². The molecule has 1 aromatic carbocycles. The minimum Gasteiger partial charge on any atom is -0.341 e. The topological polar surface area (TPSA) is 97.0 Å². The van der Waals surface area contributed by atoms with Crippen LogP contribution in [0.4, 0.5) is 0 Å². The molecule has 0 aliphatic carbocycles. The first-order valence-corrected chi connectivity index (χ1v) is 9.99. The molecule has 0 radical (unpaired) electrons. The zero-order valence-electron chi connectivity index (χ0n) is 17.4. The number of aromatic amines is 1. The van der Waals surface area contributed by atoms with Crippen molar-refractivity contribution in [3.05, 3.63) is 63.1 Å². The van der Waals surface area contributed by atoms with Gasteiger partial charge in [0.2, 0.25) is 5.91 Å². The molecule has 29 heavy (non-hydrogen) atoms. The number of carbonyl (C=O) groups is 1. The number of nitrogens with zero attached hydrogens (tertiary/aromatic N) is 3. The average Bonchev–Trinajstić information content (AvgIpc) is 2.98. The summed E-state index contributed by atoms with van der Waals surface area (Å²) in [6.45, 7) is 5.48. The van der Waals surface area contributed by atoms with E-state index in [9.17, 15) is 9.59 Å². The van der Waals surface area contributed by atoms with Gasteiger partial charge in [-0.05, 0) is 43.4 Å². The van der Waals surface area contributed by atoms with Gasteiger partial charge < -0.3 is 10.6 Å². The van der Waals surface area contributed by atoms with Gasteiger partial charge >= 0.3 is 0 Å². The Morgan fingerprint density at radius 1 is 1.17 bits per heavy atom. The van der Waals surface area contributed by atoms with Crippen molar-refractivity contribution >= 4 is 16.9 Å². The molecular formula is C22H29N5O2. The summed E-state index contributed by atoms with van der Waals surface area (Å²) < 4.78 is 1.64. The fraction of sp³-hybridized carbons (Fsp3) is 0.409. The summed E-state index contributed by atoms with van der Waals surface area (Å²) in [5.74, 6) is 0.0762. The van der Waals surface area contributed by atoms with Crippen molar-refractivity contribution in [2.75, 3.05) is 19.6 Å². The summed E-state index contributed by atoms with van der Waals surface area (Å²) in [5.41, 5.74) is 10.2. The minimum absolute atomic E-state index is 0.0762. The van der Waals surface area contributed by atoms with E-state index in [0.29, 0.717) is 43.5 Å². The van der Waals surface area contributed by atoms with E-state index in [1.807, 2.05) is 36.9 Å². The summed E-state index contributed by atoms with van der Waals surface area (Å²) in [6, 6.07) is 10.1. The van der Waals surface area contributed by atoms with Crippen LogP contribution in [0.3, 0.4) is 0 Å². The van der Waals surface area contributed by atoms with Crippen molar-refractivity contribution in [2.24, 2.45) is 12.8 Å². The number of amides is 1. The van der Waals surface area contributed by atoms with Crippen LogP contribution in [0.1, 0.15) is 28.8 Å². The molecule has 0 saturated carbocycles. The second-order valence-corrected chi connectivity index (χ2v) is 7.40. The number of fused-ring (bicyclic) bond motifs is 1. The van der Waals surface area contributed by atoms with E-state index in [2.05, 4.69) is 22.2 Å².